The lowest BCUT2D eigenvalue weighted by Crippen LogP contribution is -2.35. The first-order valence-electron chi connectivity index (χ1n) is 5.34. The zero-order valence-electron chi connectivity index (χ0n) is 10.3. The molecule has 0 aromatic rings. The van der Waals surface area contributed by atoms with Gasteiger partial charge in [0.25, 0.3) is 0 Å². The highest BCUT2D eigenvalue weighted by Crippen LogP contribution is 2.11. The second-order valence-electron chi connectivity index (χ2n) is 4.57. The minimum atomic E-state index is -4.20. The highest BCUT2D eigenvalue weighted by molar-refractivity contribution is 5.67. The highest BCUT2D eigenvalue weighted by atomic mass is 19.4. The molecule has 0 heterocycles. The molecule has 0 aromatic carbocycles. The molecule has 102 valence electrons. The van der Waals surface area contributed by atoms with Crippen molar-refractivity contribution < 1.29 is 22.7 Å². The third-order valence-corrected chi connectivity index (χ3v) is 1.52. The molecule has 0 aliphatic heterocycles. The molecule has 0 unspecified atom stereocenters. The maximum Gasteiger partial charge on any atom is 0.407 e. The Hall–Kier alpha value is -0.980. The fourth-order valence-corrected chi connectivity index (χ4v) is 0.948. The summed E-state index contributed by atoms with van der Waals surface area (Å²) in [6.45, 7) is 4.65. The summed E-state index contributed by atoms with van der Waals surface area (Å²) in [6, 6.07) is 0. The van der Waals surface area contributed by atoms with Crippen molar-refractivity contribution in [2.75, 3.05) is 19.6 Å². The van der Waals surface area contributed by atoms with Crippen LogP contribution < -0.4 is 10.6 Å². The van der Waals surface area contributed by atoms with Crippen LogP contribution in [0.15, 0.2) is 0 Å². The van der Waals surface area contributed by atoms with E-state index >= 15 is 0 Å². The Morgan fingerprint density at radius 2 is 1.76 bits per heavy atom. The topological polar surface area (TPSA) is 50.4 Å². The monoisotopic (exact) mass is 256 g/mol. The van der Waals surface area contributed by atoms with Crippen LogP contribution >= 0.6 is 0 Å². The van der Waals surface area contributed by atoms with E-state index in [9.17, 15) is 18.0 Å². The number of halogens is 3. The van der Waals surface area contributed by atoms with E-state index in [0.717, 1.165) is 0 Å². The van der Waals surface area contributed by atoms with Gasteiger partial charge in [0.1, 0.15) is 5.60 Å². The molecular formula is C10H19F3N2O2. The fourth-order valence-electron chi connectivity index (χ4n) is 0.948. The van der Waals surface area contributed by atoms with E-state index in [4.69, 9.17) is 4.74 Å². The van der Waals surface area contributed by atoms with Crippen molar-refractivity contribution in [3.8, 4) is 0 Å². The number of carbonyl (C=O) groups excluding carboxylic acids is 1. The second-order valence-corrected chi connectivity index (χ2v) is 4.57. The number of carbonyl (C=O) groups is 1. The van der Waals surface area contributed by atoms with Crippen molar-refractivity contribution in [3.63, 3.8) is 0 Å². The quantitative estimate of drug-likeness (QED) is 0.740. The Morgan fingerprint density at radius 3 is 2.24 bits per heavy atom. The first-order chi connectivity index (χ1) is 7.60. The van der Waals surface area contributed by atoms with Gasteiger partial charge in [-0.1, -0.05) is 0 Å². The molecule has 17 heavy (non-hydrogen) atoms. The molecule has 0 aromatic heterocycles. The first kappa shape index (κ1) is 16.0. The Bertz CT molecular complexity index is 237. The Morgan fingerprint density at radius 1 is 1.18 bits per heavy atom. The summed E-state index contributed by atoms with van der Waals surface area (Å²) in [5, 5.41) is 4.68. The lowest BCUT2D eigenvalue weighted by molar-refractivity contribution is -0.124. The molecule has 1 amide bonds. The predicted molar refractivity (Wildman–Crippen MR) is 57.8 cm³/mol. The largest absolute Gasteiger partial charge is 0.444 e. The summed E-state index contributed by atoms with van der Waals surface area (Å²) in [7, 11) is 0. The Kier molecular flexibility index (Phi) is 6.30. The van der Waals surface area contributed by atoms with E-state index in [-0.39, 0.29) is 13.1 Å². The van der Waals surface area contributed by atoms with Crippen LogP contribution in [-0.2, 0) is 4.74 Å². The maximum absolute atomic E-state index is 11.7. The molecule has 0 atom stereocenters. The number of nitrogens with one attached hydrogen (secondary N) is 2. The van der Waals surface area contributed by atoms with Gasteiger partial charge in [0.15, 0.2) is 0 Å². The van der Waals surface area contributed by atoms with E-state index < -0.39 is 24.4 Å². The molecule has 4 nitrogen and oxygen atoms in total. The molecule has 0 radical (unpaired) electrons. The van der Waals surface area contributed by atoms with Crippen LogP contribution in [0.5, 0.6) is 0 Å². The molecular weight excluding hydrogens is 237 g/mol. The van der Waals surface area contributed by atoms with Gasteiger partial charge in [-0.05, 0) is 33.7 Å². The minimum absolute atomic E-state index is 0.190. The van der Waals surface area contributed by atoms with Gasteiger partial charge in [-0.15, -0.1) is 0 Å². The molecule has 0 rings (SSSR count). The lowest BCUT2D eigenvalue weighted by Gasteiger charge is -2.19. The van der Waals surface area contributed by atoms with Crippen molar-refractivity contribution in [1.29, 1.82) is 0 Å². The maximum atomic E-state index is 11.7. The van der Waals surface area contributed by atoms with Gasteiger partial charge >= 0.3 is 12.3 Å². The van der Waals surface area contributed by atoms with Crippen LogP contribution in [0.25, 0.3) is 0 Å². The smallest absolute Gasteiger partial charge is 0.407 e. The molecule has 2 N–H and O–H groups in total. The van der Waals surface area contributed by atoms with Gasteiger partial charge in [-0.3, -0.25) is 0 Å². The summed E-state index contributed by atoms with van der Waals surface area (Å²) in [5.41, 5.74) is -0.571. The van der Waals surface area contributed by atoms with E-state index in [2.05, 4.69) is 10.6 Å². The van der Waals surface area contributed by atoms with Crippen molar-refractivity contribution in [1.82, 2.24) is 10.6 Å². The normalized spacial score (nSPS) is 12.4. The number of ether oxygens (including phenoxy) is 1. The van der Waals surface area contributed by atoms with Crippen molar-refractivity contribution in [2.45, 2.75) is 39.0 Å². The zero-order chi connectivity index (χ0) is 13.5. The molecule has 0 aliphatic carbocycles. The SMILES string of the molecule is CC(C)(C)OC(=O)NCCCNCC(F)(F)F. The molecule has 0 bridgehead atoms. The van der Waals surface area contributed by atoms with Crippen LogP contribution in [0.2, 0.25) is 0 Å². The van der Waals surface area contributed by atoms with E-state index in [1.165, 1.54) is 0 Å². The molecule has 0 fully saturated rings. The van der Waals surface area contributed by atoms with Crippen LogP contribution in [-0.4, -0.2) is 37.5 Å². The summed E-state index contributed by atoms with van der Waals surface area (Å²) in [4.78, 5) is 11.1. The number of amides is 1. The van der Waals surface area contributed by atoms with Gasteiger partial charge in [0.2, 0.25) is 0 Å². The summed E-state index contributed by atoms with van der Waals surface area (Å²) < 4.78 is 40.1. The van der Waals surface area contributed by atoms with Crippen molar-refractivity contribution in [3.05, 3.63) is 0 Å². The third-order valence-electron chi connectivity index (χ3n) is 1.52. The average molecular weight is 256 g/mol. The summed E-state index contributed by atoms with van der Waals surface area (Å²) in [5.74, 6) is 0. The second kappa shape index (κ2) is 6.68. The average Bonchev–Trinajstić information content (AvgIpc) is 2.06. The third kappa shape index (κ3) is 13.0. The van der Waals surface area contributed by atoms with E-state index in [0.29, 0.717) is 6.42 Å². The van der Waals surface area contributed by atoms with Gasteiger partial charge in [0, 0.05) is 6.54 Å². The lowest BCUT2D eigenvalue weighted by atomic mass is 10.2. The highest BCUT2D eigenvalue weighted by Gasteiger charge is 2.25. The molecule has 0 saturated heterocycles. The van der Waals surface area contributed by atoms with Gasteiger partial charge in [-0.25, -0.2) is 4.79 Å². The van der Waals surface area contributed by atoms with Crippen LogP contribution in [0.1, 0.15) is 27.2 Å². The van der Waals surface area contributed by atoms with Crippen molar-refractivity contribution in [2.24, 2.45) is 0 Å². The minimum Gasteiger partial charge on any atom is -0.444 e. The van der Waals surface area contributed by atoms with Crippen LogP contribution in [0, 0.1) is 0 Å². The molecule has 0 saturated carbocycles. The number of alkyl carbamates (subject to hydrolysis) is 1. The Balaban J connectivity index is 3.44. The van der Waals surface area contributed by atoms with E-state index in [1.807, 2.05) is 0 Å². The number of hydrogen-bond acceptors (Lipinski definition) is 3. The zero-order valence-corrected chi connectivity index (χ0v) is 10.3. The molecule has 0 aliphatic rings. The van der Waals surface area contributed by atoms with Gasteiger partial charge in [-0.2, -0.15) is 13.2 Å². The molecule has 7 heteroatoms. The van der Waals surface area contributed by atoms with Gasteiger partial charge < -0.3 is 15.4 Å². The van der Waals surface area contributed by atoms with Crippen LogP contribution in [0.3, 0.4) is 0 Å². The fraction of sp³-hybridized carbons (Fsp3) is 0.900. The first-order valence-corrected chi connectivity index (χ1v) is 5.34. The number of alkyl halides is 3. The van der Waals surface area contributed by atoms with Crippen molar-refractivity contribution >= 4 is 6.09 Å². The summed E-state index contributed by atoms with van der Waals surface area (Å²) >= 11 is 0. The molecule has 0 spiro atoms. The predicted octanol–water partition coefficient (Wildman–Crippen LogP) is 2.05. The van der Waals surface area contributed by atoms with E-state index in [1.54, 1.807) is 20.8 Å². The Labute approximate surface area is 98.9 Å². The summed E-state index contributed by atoms with van der Waals surface area (Å²) in [6.07, 6.45) is -4.35. The number of hydrogen-bond donors (Lipinski definition) is 2. The van der Waals surface area contributed by atoms with Gasteiger partial charge in [0.05, 0.1) is 6.54 Å². The van der Waals surface area contributed by atoms with Crippen LogP contribution in [0.4, 0.5) is 18.0 Å². The standard InChI is InChI=1S/C10H19F3N2O2/c1-9(2,3)17-8(16)15-6-4-5-14-7-10(11,12)13/h14H,4-7H2,1-3H3,(H,15,16). The number of rotatable bonds is 5.